The lowest BCUT2D eigenvalue weighted by atomic mass is 9.97. The average Bonchev–Trinajstić information content (AvgIpc) is 2.73. The van der Waals surface area contributed by atoms with E-state index in [1.165, 1.54) is 5.56 Å². The summed E-state index contributed by atoms with van der Waals surface area (Å²) >= 11 is 0. The van der Waals surface area contributed by atoms with Crippen molar-refractivity contribution in [1.82, 2.24) is 0 Å². The van der Waals surface area contributed by atoms with Crippen LogP contribution in [-0.2, 0) is 6.42 Å². The van der Waals surface area contributed by atoms with Gasteiger partial charge in [0.1, 0.15) is 5.75 Å². The van der Waals surface area contributed by atoms with E-state index >= 15 is 0 Å². The molecule has 0 saturated heterocycles. The lowest BCUT2D eigenvalue weighted by Crippen LogP contribution is -2.12. The van der Waals surface area contributed by atoms with Crippen molar-refractivity contribution in [2.24, 2.45) is 0 Å². The number of rotatable bonds is 7. The average molecular weight is 359 g/mol. The van der Waals surface area contributed by atoms with Gasteiger partial charge >= 0.3 is 0 Å². The van der Waals surface area contributed by atoms with Crippen LogP contribution in [0.3, 0.4) is 0 Å². The van der Waals surface area contributed by atoms with Crippen LogP contribution in [0.15, 0.2) is 72.8 Å². The second-order valence-corrected chi connectivity index (χ2v) is 6.50. The zero-order chi connectivity index (χ0) is 19.1. The van der Waals surface area contributed by atoms with Crippen molar-refractivity contribution in [3.05, 3.63) is 83.9 Å². The molecule has 0 heterocycles. The Morgan fingerprint density at radius 3 is 2.41 bits per heavy atom. The van der Waals surface area contributed by atoms with E-state index in [4.69, 9.17) is 4.74 Å². The molecule has 0 aromatic heterocycles. The fourth-order valence-electron chi connectivity index (χ4n) is 3.11. The summed E-state index contributed by atoms with van der Waals surface area (Å²) in [5.41, 5.74) is 4.63. The minimum absolute atomic E-state index is 0.118. The summed E-state index contributed by atoms with van der Waals surface area (Å²) < 4.78 is 5.55. The molecule has 3 nitrogen and oxygen atoms in total. The summed E-state index contributed by atoms with van der Waals surface area (Å²) in [5, 5.41) is 3.07. The van der Waals surface area contributed by atoms with Crippen molar-refractivity contribution in [2.75, 3.05) is 12.4 Å². The van der Waals surface area contributed by atoms with Gasteiger partial charge in [0.05, 0.1) is 7.11 Å². The number of para-hydroxylation sites is 1. The SMILES string of the molecule is CCCCc1ccc(NC(=O)c2ccccc2)c(-c2ccccc2OC)c1. The first kappa shape index (κ1) is 18.7. The molecule has 3 heteroatoms. The molecule has 0 aliphatic heterocycles. The van der Waals surface area contributed by atoms with Crippen molar-refractivity contribution in [1.29, 1.82) is 0 Å². The predicted octanol–water partition coefficient (Wildman–Crippen LogP) is 5.96. The standard InChI is InChI=1S/C24H25NO2/c1-3-4-10-18-15-16-22(25-24(26)19-11-6-5-7-12-19)21(17-18)20-13-8-9-14-23(20)27-2/h5-9,11-17H,3-4,10H2,1-2H3,(H,25,26). The molecule has 0 saturated carbocycles. The highest BCUT2D eigenvalue weighted by Crippen LogP contribution is 2.36. The van der Waals surface area contributed by atoms with Crippen molar-refractivity contribution in [2.45, 2.75) is 26.2 Å². The number of anilines is 1. The van der Waals surface area contributed by atoms with Crippen LogP contribution in [0.4, 0.5) is 5.69 Å². The quantitative estimate of drug-likeness (QED) is 0.565. The molecule has 3 aromatic carbocycles. The second-order valence-electron chi connectivity index (χ2n) is 6.50. The minimum Gasteiger partial charge on any atom is -0.496 e. The summed E-state index contributed by atoms with van der Waals surface area (Å²) in [7, 11) is 1.67. The number of nitrogens with one attached hydrogen (secondary N) is 1. The number of benzene rings is 3. The number of carbonyl (C=O) groups excluding carboxylic acids is 1. The molecule has 0 bridgehead atoms. The number of hydrogen-bond donors (Lipinski definition) is 1. The Morgan fingerprint density at radius 2 is 1.67 bits per heavy atom. The van der Waals surface area contributed by atoms with E-state index in [1.54, 1.807) is 7.11 Å². The fourth-order valence-corrected chi connectivity index (χ4v) is 3.11. The van der Waals surface area contributed by atoms with Gasteiger partial charge in [-0.15, -0.1) is 0 Å². The minimum atomic E-state index is -0.118. The van der Waals surface area contributed by atoms with Gasteiger partial charge in [-0.25, -0.2) is 0 Å². The number of amides is 1. The molecule has 0 atom stereocenters. The molecule has 3 aromatic rings. The summed E-state index contributed by atoms with van der Waals surface area (Å²) in [6.45, 7) is 2.19. The Bertz CT molecular complexity index is 903. The van der Waals surface area contributed by atoms with Crippen LogP contribution in [-0.4, -0.2) is 13.0 Å². The van der Waals surface area contributed by atoms with Gasteiger partial charge < -0.3 is 10.1 Å². The van der Waals surface area contributed by atoms with Crippen LogP contribution >= 0.6 is 0 Å². The Morgan fingerprint density at radius 1 is 0.926 bits per heavy atom. The first-order chi connectivity index (χ1) is 13.2. The maximum absolute atomic E-state index is 12.7. The highest BCUT2D eigenvalue weighted by Gasteiger charge is 2.14. The van der Waals surface area contributed by atoms with Gasteiger partial charge in [-0.3, -0.25) is 4.79 Å². The number of aryl methyl sites for hydroxylation is 1. The second kappa shape index (κ2) is 9.04. The van der Waals surface area contributed by atoms with Gasteiger partial charge in [0.25, 0.3) is 5.91 Å². The lowest BCUT2D eigenvalue weighted by molar-refractivity contribution is 0.102. The Labute approximate surface area is 161 Å². The van der Waals surface area contributed by atoms with E-state index in [2.05, 4.69) is 24.4 Å². The smallest absolute Gasteiger partial charge is 0.255 e. The molecule has 1 amide bonds. The zero-order valence-corrected chi connectivity index (χ0v) is 15.9. The Balaban J connectivity index is 2.01. The van der Waals surface area contributed by atoms with E-state index in [-0.39, 0.29) is 5.91 Å². The van der Waals surface area contributed by atoms with Crippen molar-refractivity contribution < 1.29 is 9.53 Å². The summed E-state index contributed by atoms with van der Waals surface area (Å²) in [6.07, 6.45) is 3.31. The highest BCUT2D eigenvalue weighted by molar-refractivity contribution is 6.06. The number of unbranched alkanes of at least 4 members (excludes halogenated alkanes) is 1. The third-order valence-electron chi connectivity index (χ3n) is 4.58. The van der Waals surface area contributed by atoms with Crippen molar-refractivity contribution in [3.8, 4) is 16.9 Å². The fraction of sp³-hybridized carbons (Fsp3) is 0.208. The molecule has 138 valence electrons. The van der Waals surface area contributed by atoms with Gasteiger partial charge in [0, 0.05) is 22.4 Å². The topological polar surface area (TPSA) is 38.3 Å². The lowest BCUT2D eigenvalue weighted by Gasteiger charge is -2.16. The summed E-state index contributed by atoms with van der Waals surface area (Å²) in [5.74, 6) is 0.674. The zero-order valence-electron chi connectivity index (χ0n) is 15.9. The van der Waals surface area contributed by atoms with E-state index < -0.39 is 0 Å². The normalized spacial score (nSPS) is 10.4. The Kier molecular flexibility index (Phi) is 6.26. The van der Waals surface area contributed by atoms with Crippen molar-refractivity contribution >= 4 is 11.6 Å². The van der Waals surface area contributed by atoms with Gasteiger partial charge in [-0.1, -0.05) is 55.8 Å². The molecular weight excluding hydrogens is 334 g/mol. The highest BCUT2D eigenvalue weighted by atomic mass is 16.5. The van der Waals surface area contributed by atoms with E-state index in [0.29, 0.717) is 5.56 Å². The molecule has 27 heavy (non-hydrogen) atoms. The van der Waals surface area contributed by atoms with Crippen LogP contribution in [0.25, 0.3) is 11.1 Å². The van der Waals surface area contributed by atoms with Gasteiger partial charge in [0.2, 0.25) is 0 Å². The van der Waals surface area contributed by atoms with Crippen LogP contribution < -0.4 is 10.1 Å². The van der Waals surface area contributed by atoms with Gasteiger partial charge in [0.15, 0.2) is 0 Å². The third kappa shape index (κ3) is 4.56. The van der Waals surface area contributed by atoms with Crippen molar-refractivity contribution in [3.63, 3.8) is 0 Å². The van der Waals surface area contributed by atoms with E-state index in [0.717, 1.165) is 41.8 Å². The van der Waals surface area contributed by atoms with Crippen LogP contribution in [0.1, 0.15) is 35.7 Å². The first-order valence-electron chi connectivity index (χ1n) is 9.35. The summed E-state index contributed by atoms with van der Waals surface area (Å²) in [6, 6.07) is 23.4. The van der Waals surface area contributed by atoms with Crippen LogP contribution in [0, 0.1) is 0 Å². The monoisotopic (exact) mass is 359 g/mol. The van der Waals surface area contributed by atoms with E-state index in [1.807, 2.05) is 60.7 Å². The van der Waals surface area contributed by atoms with Crippen LogP contribution in [0.2, 0.25) is 0 Å². The molecule has 0 aliphatic rings. The van der Waals surface area contributed by atoms with E-state index in [9.17, 15) is 4.79 Å². The largest absolute Gasteiger partial charge is 0.496 e. The molecular formula is C24H25NO2. The summed E-state index contributed by atoms with van der Waals surface area (Å²) in [4.78, 5) is 12.7. The first-order valence-corrected chi connectivity index (χ1v) is 9.35. The number of ether oxygens (including phenoxy) is 1. The molecule has 0 aliphatic carbocycles. The predicted molar refractivity (Wildman–Crippen MR) is 111 cm³/mol. The number of methoxy groups -OCH3 is 1. The van der Waals surface area contributed by atoms with Gasteiger partial charge in [-0.2, -0.15) is 0 Å². The maximum Gasteiger partial charge on any atom is 0.255 e. The molecule has 0 unspecified atom stereocenters. The third-order valence-corrected chi connectivity index (χ3v) is 4.58. The maximum atomic E-state index is 12.7. The number of hydrogen-bond acceptors (Lipinski definition) is 2. The molecule has 1 N–H and O–H groups in total. The van der Waals surface area contributed by atoms with Crippen LogP contribution in [0.5, 0.6) is 5.75 Å². The molecule has 0 radical (unpaired) electrons. The molecule has 0 spiro atoms. The molecule has 3 rings (SSSR count). The molecule has 0 fully saturated rings. The Hall–Kier alpha value is -3.07. The van der Waals surface area contributed by atoms with Gasteiger partial charge in [-0.05, 0) is 48.7 Å². The number of carbonyl (C=O) groups is 1.